The fourth-order valence-electron chi connectivity index (χ4n) is 2.98. The Morgan fingerprint density at radius 2 is 2.30 bits per heavy atom. The summed E-state index contributed by atoms with van der Waals surface area (Å²) in [5.74, 6) is 1.23. The number of hydrogen-bond acceptors (Lipinski definition) is 5. The Balaban J connectivity index is 1.63. The third-order valence-electron chi connectivity index (χ3n) is 4.30. The topological polar surface area (TPSA) is 72.2 Å². The summed E-state index contributed by atoms with van der Waals surface area (Å²) in [5.41, 5.74) is 1.98. The molecule has 124 valence electrons. The molecule has 2 aromatic heterocycles. The zero-order valence-electron chi connectivity index (χ0n) is 13.5. The zero-order chi connectivity index (χ0) is 16.1. The van der Waals surface area contributed by atoms with Gasteiger partial charge in [0.15, 0.2) is 0 Å². The zero-order valence-corrected chi connectivity index (χ0v) is 13.5. The molecule has 6 heteroatoms. The average molecular weight is 316 g/mol. The Morgan fingerprint density at radius 1 is 1.39 bits per heavy atom. The molecule has 23 heavy (non-hydrogen) atoms. The van der Waals surface area contributed by atoms with Gasteiger partial charge in [-0.05, 0) is 31.4 Å². The molecule has 0 saturated carbocycles. The van der Waals surface area contributed by atoms with Crippen LogP contribution in [-0.2, 0) is 17.9 Å². The number of aliphatic hydroxyl groups is 1. The maximum atomic E-state index is 9.06. The fraction of sp³-hybridized carbons (Fsp3) is 0.529. The molecule has 3 heterocycles. The minimum atomic E-state index is 0.0211. The van der Waals surface area contributed by atoms with Gasteiger partial charge in [0.25, 0.3) is 0 Å². The highest BCUT2D eigenvalue weighted by Gasteiger charge is 2.28. The van der Waals surface area contributed by atoms with Crippen LogP contribution in [-0.4, -0.2) is 33.0 Å². The SMILES string of the molecule is CCn1cc([C@@H]2OCCC[C@H]2CNc2ccc(CO)cn2)cn1. The average Bonchev–Trinajstić information content (AvgIpc) is 3.09. The van der Waals surface area contributed by atoms with E-state index in [9.17, 15) is 0 Å². The molecule has 2 aromatic rings. The summed E-state index contributed by atoms with van der Waals surface area (Å²) in [6.45, 7) is 4.60. The Bertz CT molecular complexity index is 611. The lowest BCUT2D eigenvalue weighted by Crippen LogP contribution is -2.28. The third-order valence-corrected chi connectivity index (χ3v) is 4.30. The Morgan fingerprint density at radius 3 is 3.00 bits per heavy atom. The van der Waals surface area contributed by atoms with Gasteiger partial charge in [-0.3, -0.25) is 4.68 Å². The van der Waals surface area contributed by atoms with Crippen molar-refractivity contribution in [1.82, 2.24) is 14.8 Å². The number of aliphatic hydroxyl groups excluding tert-OH is 1. The van der Waals surface area contributed by atoms with E-state index in [1.54, 1.807) is 6.20 Å². The molecule has 0 unspecified atom stereocenters. The first-order chi connectivity index (χ1) is 11.3. The van der Waals surface area contributed by atoms with Crippen LogP contribution in [0, 0.1) is 5.92 Å². The number of rotatable bonds is 6. The lowest BCUT2D eigenvalue weighted by atomic mass is 9.91. The van der Waals surface area contributed by atoms with E-state index in [0.29, 0.717) is 5.92 Å². The van der Waals surface area contributed by atoms with E-state index in [1.165, 1.54) is 0 Å². The number of hydrogen-bond donors (Lipinski definition) is 2. The van der Waals surface area contributed by atoms with Crippen LogP contribution in [0.1, 0.15) is 37.0 Å². The number of anilines is 1. The summed E-state index contributed by atoms with van der Waals surface area (Å²) in [6.07, 6.45) is 8.00. The summed E-state index contributed by atoms with van der Waals surface area (Å²) in [7, 11) is 0. The summed E-state index contributed by atoms with van der Waals surface area (Å²) < 4.78 is 7.95. The summed E-state index contributed by atoms with van der Waals surface area (Å²) in [5, 5.41) is 16.8. The largest absolute Gasteiger partial charge is 0.392 e. The number of nitrogens with one attached hydrogen (secondary N) is 1. The first-order valence-electron chi connectivity index (χ1n) is 8.23. The summed E-state index contributed by atoms with van der Waals surface area (Å²) >= 11 is 0. The lowest BCUT2D eigenvalue weighted by Gasteiger charge is -2.31. The second-order valence-electron chi connectivity index (χ2n) is 5.91. The van der Waals surface area contributed by atoms with Crippen LogP contribution in [0.3, 0.4) is 0 Å². The van der Waals surface area contributed by atoms with Gasteiger partial charge >= 0.3 is 0 Å². The van der Waals surface area contributed by atoms with E-state index >= 15 is 0 Å². The van der Waals surface area contributed by atoms with E-state index in [1.807, 2.05) is 23.0 Å². The molecule has 0 amide bonds. The van der Waals surface area contributed by atoms with Crippen LogP contribution in [0.4, 0.5) is 5.82 Å². The third kappa shape index (κ3) is 3.89. The summed E-state index contributed by atoms with van der Waals surface area (Å²) in [4.78, 5) is 4.32. The smallest absolute Gasteiger partial charge is 0.125 e. The highest BCUT2D eigenvalue weighted by molar-refractivity contribution is 5.35. The summed E-state index contributed by atoms with van der Waals surface area (Å²) in [6, 6.07) is 3.79. The van der Waals surface area contributed by atoms with Gasteiger partial charge in [-0.2, -0.15) is 5.10 Å². The van der Waals surface area contributed by atoms with Crippen molar-refractivity contribution in [3.63, 3.8) is 0 Å². The van der Waals surface area contributed by atoms with Crippen molar-refractivity contribution in [2.45, 2.75) is 39.0 Å². The highest BCUT2D eigenvalue weighted by atomic mass is 16.5. The molecule has 0 aliphatic carbocycles. The molecule has 6 nitrogen and oxygen atoms in total. The molecule has 2 atom stereocenters. The predicted octanol–water partition coefficient (Wildman–Crippen LogP) is 2.37. The van der Waals surface area contributed by atoms with Crippen LogP contribution in [0.5, 0.6) is 0 Å². The molecular formula is C17H24N4O2. The lowest BCUT2D eigenvalue weighted by molar-refractivity contribution is -0.0239. The highest BCUT2D eigenvalue weighted by Crippen LogP contribution is 2.33. The van der Waals surface area contributed by atoms with Gasteiger partial charge in [-0.1, -0.05) is 6.07 Å². The van der Waals surface area contributed by atoms with E-state index in [4.69, 9.17) is 9.84 Å². The molecule has 3 rings (SSSR count). The van der Waals surface area contributed by atoms with Gasteiger partial charge in [0, 0.05) is 43.6 Å². The Kier molecular flexibility index (Phi) is 5.25. The van der Waals surface area contributed by atoms with Crippen molar-refractivity contribution in [1.29, 1.82) is 0 Å². The van der Waals surface area contributed by atoms with Crippen LogP contribution < -0.4 is 5.32 Å². The molecule has 1 fully saturated rings. The number of aromatic nitrogens is 3. The first kappa shape index (κ1) is 16.0. The Hall–Kier alpha value is -1.92. The number of nitrogens with zero attached hydrogens (tertiary/aromatic N) is 3. The monoisotopic (exact) mass is 316 g/mol. The van der Waals surface area contributed by atoms with Crippen molar-refractivity contribution in [3.8, 4) is 0 Å². The van der Waals surface area contributed by atoms with Gasteiger partial charge in [0.2, 0.25) is 0 Å². The van der Waals surface area contributed by atoms with Crippen molar-refractivity contribution in [2.75, 3.05) is 18.5 Å². The normalized spacial score (nSPS) is 21.3. The first-order valence-corrected chi connectivity index (χ1v) is 8.23. The molecule has 0 bridgehead atoms. The van der Waals surface area contributed by atoms with Gasteiger partial charge < -0.3 is 15.2 Å². The van der Waals surface area contributed by atoms with Gasteiger partial charge in [0.05, 0.1) is 18.9 Å². The van der Waals surface area contributed by atoms with Crippen LogP contribution >= 0.6 is 0 Å². The molecule has 0 radical (unpaired) electrons. The fourth-order valence-corrected chi connectivity index (χ4v) is 2.98. The van der Waals surface area contributed by atoms with Gasteiger partial charge in [0.1, 0.15) is 5.82 Å². The quantitative estimate of drug-likeness (QED) is 0.856. The van der Waals surface area contributed by atoms with Crippen LogP contribution in [0.2, 0.25) is 0 Å². The minimum Gasteiger partial charge on any atom is -0.392 e. The maximum absolute atomic E-state index is 9.06. The Labute approximate surface area is 136 Å². The van der Waals surface area contributed by atoms with Crippen LogP contribution in [0.15, 0.2) is 30.7 Å². The van der Waals surface area contributed by atoms with Gasteiger partial charge in [-0.25, -0.2) is 4.98 Å². The molecule has 1 saturated heterocycles. The second-order valence-corrected chi connectivity index (χ2v) is 5.91. The van der Waals surface area contributed by atoms with E-state index < -0.39 is 0 Å². The number of aryl methyl sites for hydroxylation is 1. The minimum absolute atomic E-state index is 0.0211. The van der Waals surface area contributed by atoms with E-state index in [0.717, 1.165) is 49.5 Å². The molecule has 2 N–H and O–H groups in total. The molecule has 1 aliphatic heterocycles. The number of pyridine rings is 1. The standard InChI is InChI=1S/C17H24N4O2/c1-2-21-11-15(10-20-21)17-14(4-3-7-23-17)9-19-16-6-5-13(12-22)8-18-16/h5-6,8,10-11,14,17,22H,2-4,7,9,12H2,1H3,(H,18,19)/t14-,17+/m0/s1. The van der Waals surface area contributed by atoms with Crippen molar-refractivity contribution in [3.05, 3.63) is 41.9 Å². The van der Waals surface area contributed by atoms with Crippen LogP contribution in [0.25, 0.3) is 0 Å². The molecule has 0 spiro atoms. The molecular weight excluding hydrogens is 292 g/mol. The van der Waals surface area contributed by atoms with Crippen molar-refractivity contribution in [2.24, 2.45) is 5.92 Å². The van der Waals surface area contributed by atoms with Gasteiger partial charge in [-0.15, -0.1) is 0 Å². The molecule has 1 aliphatic rings. The molecule has 0 aromatic carbocycles. The van der Waals surface area contributed by atoms with Crippen molar-refractivity contribution >= 4 is 5.82 Å². The number of ether oxygens (including phenoxy) is 1. The second kappa shape index (κ2) is 7.57. The maximum Gasteiger partial charge on any atom is 0.125 e. The predicted molar refractivity (Wildman–Crippen MR) is 88.0 cm³/mol. The van der Waals surface area contributed by atoms with E-state index in [-0.39, 0.29) is 12.7 Å². The van der Waals surface area contributed by atoms with E-state index in [2.05, 4.69) is 28.5 Å². The van der Waals surface area contributed by atoms with Crippen molar-refractivity contribution < 1.29 is 9.84 Å².